The first-order valence-corrected chi connectivity index (χ1v) is 8.02. The largest absolute Gasteiger partial charge is 0.349 e. The molecule has 0 radical (unpaired) electrons. The average molecular weight is 284 g/mol. The van der Waals surface area contributed by atoms with E-state index in [0.29, 0.717) is 6.04 Å². The van der Waals surface area contributed by atoms with E-state index in [4.69, 9.17) is 0 Å². The Labute approximate surface area is 129 Å². The zero-order valence-corrected chi connectivity index (χ0v) is 14.0. The number of benzene rings is 1. The maximum Gasteiger partial charge on any atom is 0.0320 e. The molecular weight excluding hydrogens is 256 g/mol. The molecule has 0 amide bonds. The van der Waals surface area contributed by atoms with E-state index in [1.165, 1.54) is 28.1 Å². The quantitative estimate of drug-likeness (QED) is 0.815. The molecule has 0 fully saturated rings. The summed E-state index contributed by atoms with van der Waals surface area (Å²) in [6, 6.07) is 11.6. The molecule has 0 bridgehead atoms. The molecule has 0 aliphatic heterocycles. The highest BCUT2D eigenvalue weighted by molar-refractivity contribution is 5.28. The molecule has 0 aliphatic rings. The van der Waals surface area contributed by atoms with Gasteiger partial charge in [-0.1, -0.05) is 36.8 Å². The molecule has 1 heterocycles. The third-order valence-electron chi connectivity index (χ3n) is 4.42. The Morgan fingerprint density at radius 2 is 1.71 bits per heavy atom. The van der Waals surface area contributed by atoms with E-state index in [1.54, 1.807) is 0 Å². The molecule has 21 heavy (non-hydrogen) atoms. The zero-order valence-electron chi connectivity index (χ0n) is 14.0. The van der Waals surface area contributed by atoms with Crippen molar-refractivity contribution in [2.45, 2.75) is 60.2 Å². The van der Waals surface area contributed by atoms with Gasteiger partial charge in [0.1, 0.15) is 0 Å². The average Bonchev–Trinajstić information content (AvgIpc) is 2.75. The van der Waals surface area contributed by atoms with E-state index in [1.807, 2.05) is 0 Å². The second-order valence-corrected chi connectivity index (χ2v) is 5.89. The van der Waals surface area contributed by atoms with E-state index in [2.05, 4.69) is 74.8 Å². The Bertz CT molecular complexity index is 578. The molecule has 0 saturated carbocycles. The van der Waals surface area contributed by atoms with Gasteiger partial charge in [0.25, 0.3) is 0 Å². The molecule has 0 aliphatic carbocycles. The van der Waals surface area contributed by atoms with Crippen molar-refractivity contribution in [3.05, 3.63) is 58.4 Å². The Hall–Kier alpha value is -1.54. The summed E-state index contributed by atoms with van der Waals surface area (Å²) in [4.78, 5) is 0. The molecule has 1 aromatic heterocycles. The van der Waals surface area contributed by atoms with Crippen LogP contribution in [-0.2, 0) is 13.1 Å². The van der Waals surface area contributed by atoms with Gasteiger partial charge in [-0.25, -0.2) is 0 Å². The fraction of sp³-hybridized carbons (Fsp3) is 0.474. The summed E-state index contributed by atoms with van der Waals surface area (Å²) >= 11 is 0. The highest BCUT2D eigenvalue weighted by atomic mass is 15.0. The maximum atomic E-state index is 3.71. The number of aromatic nitrogens is 1. The lowest BCUT2D eigenvalue weighted by atomic mass is 10.0. The third kappa shape index (κ3) is 3.56. The normalized spacial score (nSPS) is 12.6. The van der Waals surface area contributed by atoms with Gasteiger partial charge in [0.15, 0.2) is 0 Å². The van der Waals surface area contributed by atoms with E-state index >= 15 is 0 Å². The van der Waals surface area contributed by atoms with Crippen molar-refractivity contribution in [3.8, 4) is 0 Å². The van der Waals surface area contributed by atoms with E-state index in [0.717, 1.165) is 19.5 Å². The molecule has 1 N–H and O–H groups in total. The molecule has 0 spiro atoms. The van der Waals surface area contributed by atoms with Crippen LogP contribution in [0.3, 0.4) is 0 Å². The fourth-order valence-electron chi connectivity index (χ4n) is 3.07. The summed E-state index contributed by atoms with van der Waals surface area (Å²) in [6.45, 7) is 13.0. The van der Waals surface area contributed by atoms with Crippen LogP contribution in [0, 0.1) is 20.8 Å². The van der Waals surface area contributed by atoms with Crippen LogP contribution in [0.4, 0.5) is 0 Å². The van der Waals surface area contributed by atoms with Gasteiger partial charge in [-0.2, -0.15) is 0 Å². The first-order valence-electron chi connectivity index (χ1n) is 8.02. The highest BCUT2D eigenvalue weighted by Gasteiger charge is 2.11. The minimum Gasteiger partial charge on any atom is -0.349 e. The van der Waals surface area contributed by atoms with Crippen LogP contribution in [0.2, 0.25) is 0 Å². The minimum atomic E-state index is 0.426. The van der Waals surface area contributed by atoms with Crippen molar-refractivity contribution in [3.63, 3.8) is 0 Å². The van der Waals surface area contributed by atoms with Crippen LogP contribution in [0.25, 0.3) is 0 Å². The van der Waals surface area contributed by atoms with Crippen LogP contribution in [-0.4, -0.2) is 4.57 Å². The molecule has 2 heteroatoms. The summed E-state index contributed by atoms with van der Waals surface area (Å²) < 4.78 is 2.38. The lowest BCUT2D eigenvalue weighted by molar-refractivity contribution is 0.517. The van der Waals surface area contributed by atoms with E-state index in [9.17, 15) is 0 Å². The molecule has 2 aromatic rings. The van der Waals surface area contributed by atoms with Gasteiger partial charge in [-0.05, 0) is 51.3 Å². The SMILES string of the molecule is CCC(NCc1cc(C)n(CC)c1C)c1ccc(C)cc1. The predicted molar refractivity (Wildman–Crippen MR) is 90.6 cm³/mol. The fourth-order valence-corrected chi connectivity index (χ4v) is 3.07. The Morgan fingerprint density at radius 1 is 1.05 bits per heavy atom. The van der Waals surface area contributed by atoms with Crippen LogP contribution in [0.5, 0.6) is 0 Å². The number of nitrogens with one attached hydrogen (secondary N) is 1. The van der Waals surface area contributed by atoms with Crippen molar-refractivity contribution < 1.29 is 0 Å². The van der Waals surface area contributed by atoms with Gasteiger partial charge in [0, 0.05) is 30.5 Å². The first-order chi connectivity index (χ1) is 10.1. The van der Waals surface area contributed by atoms with Crippen LogP contribution < -0.4 is 5.32 Å². The molecular formula is C19H28N2. The lowest BCUT2D eigenvalue weighted by Gasteiger charge is -2.18. The van der Waals surface area contributed by atoms with E-state index in [-0.39, 0.29) is 0 Å². The van der Waals surface area contributed by atoms with Crippen LogP contribution in [0.1, 0.15) is 54.4 Å². The van der Waals surface area contributed by atoms with Gasteiger partial charge in [0.05, 0.1) is 0 Å². The maximum absolute atomic E-state index is 3.71. The Kier molecular flexibility index (Phi) is 5.24. The van der Waals surface area contributed by atoms with Crippen molar-refractivity contribution in [1.29, 1.82) is 0 Å². The molecule has 114 valence electrons. The second kappa shape index (κ2) is 6.95. The number of aryl methyl sites for hydroxylation is 2. The van der Waals surface area contributed by atoms with Crippen molar-refractivity contribution in [2.75, 3.05) is 0 Å². The topological polar surface area (TPSA) is 17.0 Å². The van der Waals surface area contributed by atoms with Gasteiger partial charge in [0.2, 0.25) is 0 Å². The van der Waals surface area contributed by atoms with Gasteiger partial charge in [-0.3, -0.25) is 0 Å². The van der Waals surface area contributed by atoms with Crippen molar-refractivity contribution >= 4 is 0 Å². The molecule has 1 aromatic carbocycles. The third-order valence-corrected chi connectivity index (χ3v) is 4.42. The van der Waals surface area contributed by atoms with Crippen molar-refractivity contribution in [2.24, 2.45) is 0 Å². The van der Waals surface area contributed by atoms with Crippen LogP contribution in [0.15, 0.2) is 30.3 Å². The lowest BCUT2D eigenvalue weighted by Crippen LogP contribution is -2.20. The molecule has 1 unspecified atom stereocenters. The van der Waals surface area contributed by atoms with Crippen molar-refractivity contribution in [1.82, 2.24) is 9.88 Å². The summed E-state index contributed by atoms with van der Waals surface area (Å²) in [5.74, 6) is 0. The highest BCUT2D eigenvalue weighted by Crippen LogP contribution is 2.20. The first kappa shape index (κ1) is 15.8. The molecule has 0 saturated heterocycles. The van der Waals surface area contributed by atoms with E-state index < -0.39 is 0 Å². The number of hydrogen-bond acceptors (Lipinski definition) is 1. The minimum absolute atomic E-state index is 0.426. The summed E-state index contributed by atoms with van der Waals surface area (Å²) in [5.41, 5.74) is 6.86. The molecule has 1 atom stereocenters. The standard InChI is InChI=1S/C19H28N2/c1-6-19(17-10-8-14(3)9-11-17)20-13-18-12-15(4)21(7-2)16(18)5/h8-12,19-20H,6-7,13H2,1-5H3. The number of rotatable bonds is 6. The summed E-state index contributed by atoms with van der Waals surface area (Å²) in [5, 5.41) is 3.71. The monoisotopic (exact) mass is 284 g/mol. The molecule has 2 rings (SSSR count). The summed E-state index contributed by atoms with van der Waals surface area (Å²) in [7, 11) is 0. The summed E-state index contributed by atoms with van der Waals surface area (Å²) in [6.07, 6.45) is 1.11. The zero-order chi connectivity index (χ0) is 15.4. The second-order valence-electron chi connectivity index (χ2n) is 5.89. The predicted octanol–water partition coefficient (Wildman–Crippen LogP) is 4.67. The Balaban J connectivity index is 2.08. The number of hydrogen-bond donors (Lipinski definition) is 1. The van der Waals surface area contributed by atoms with Gasteiger partial charge < -0.3 is 9.88 Å². The number of nitrogens with zero attached hydrogens (tertiary/aromatic N) is 1. The smallest absolute Gasteiger partial charge is 0.0320 e. The van der Waals surface area contributed by atoms with Gasteiger partial charge >= 0.3 is 0 Å². The Morgan fingerprint density at radius 3 is 2.24 bits per heavy atom. The molecule has 2 nitrogen and oxygen atoms in total. The van der Waals surface area contributed by atoms with Gasteiger partial charge in [-0.15, -0.1) is 0 Å². The van der Waals surface area contributed by atoms with Crippen LogP contribution >= 0.6 is 0 Å².